The molecular formula is C18H20F5N3O3. The molecule has 0 saturated carbocycles. The van der Waals surface area contributed by atoms with Crippen LogP contribution in [0.1, 0.15) is 25.1 Å². The van der Waals surface area contributed by atoms with E-state index in [4.69, 9.17) is 0 Å². The molecule has 0 spiro atoms. The highest BCUT2D eigenvalue weighted by molar-refractivity contribution is 6.03. The topological polar surface area (TPSA) is 64.4 Å². The first-order valence-corrected chi connectivity index (χ1v) is 8.60. The molecule has 0 radical (unpaired) electrons. The third kappa shape index (κ3) is 4.33. The fraction of sp³-hybridized carbons (Fsp3) is 0.500. The minimum atomic E-state index is -5.13. The molecular weight excluding hydrogens is 401 g/mol. The minimum Gasteiger partial charge on any atom is -0.465 e. The Bertz CT molecular complexity index is 841. The van der Waals surface area contributed by atoms with Crippen molar-refractivity contribution in [1.82, 2.24) is 14.7 Å². The predicted molar refractivity (Wildman–Crippen MR) is 92.0 cm³/mol. The van der Waals surface area contributed by atoms with Crippen molar-refractivity contribution in [2.24, 2.45) is 5.92 Å². The first-order valence-electron chi connectivity index (χ1n) is 8.60. The molecule has 2 heterocycles. The maximum atomic E-state index is 13.9. The summed E-state index contributed by atoms with van der Waals surface area (Å²) in [6.45, 7) is 3.25. The van der Waals surface area contributed by atoms with Crippen LogP contribution in [-0.2, 0) is 9.53 Å². The first kappa shape index (κ1) is 22.6. The lowest BCUT2D eigenvalue weighted by Crippen LogP contribution is -2.49. The number of likely N-dealkylation sites (N-methyl/N-ethyl adjacent to an activating group) is 1. The number of hydrogen-bond acceptors (Lipinski definition) is 5. The molecule has 2 rings (SSSR count). The second-order valence-corrected chi connectivity index (χ2v) is 6.85. The summed E-state index contributed by atoms with van der Waals surface area (Å²) in [4.78, 5) is 25.5. The van der Waals surface area contributed by atoms with Gasteiger partial charge in [-0.15, -0.1) is 0 Å². The van der Waals surface area contributed by atoms with E-state index in [0.29, 0.717) is 0 Å². The summed E-state index contributed by atoms with van der Waals surface area (Å²) in [5.41, 5.74) is -3.54. The number of alkyl halides is 5. The molecule has 0 N–H and O–H groups in total. The van der Waals surface area contributed by atoms with E-state index in [1.54, 1.807) is 13.8 Å². The van der Waals surface area contributed by atoms with E-state index in [0.717, 1.165) is 18.8 Å². The van der Waals surface area contributed by atoms with Crippen molar-refractivity contribution >= 4 is 11.9 Å². The predicted octanol–water partition coefficient (Wildman–Crippen LogP) is 3.43. The molecule has 29 heavy (non-hydrogen) atoms. The van der Waals surface area contributed by atoms with Gasteiger partial charge in [0.15, 0.2) is 0 Å². The van der Waals surface area contributed by atoms with Gasteiger partial charge in [0.2, 0.25) is 0 Å². The van der Waals surface area contributed by atoms with Crippen LogP contribution in [0.3, 0.4) is 0 Å². The molecule has 160 valence electrons. The summed E-state index contributed by atoms with van der Waals surface area (Å²) in [6.07, 6.45) is -6.28. The molecule has 1 aromatic rings. The molecule has 6 nitrogen and oxygen atoms in total. The van der Waals surface area contributed by atoms with Crippen LogP contribution in [0.2, 0.25) is 0 Å². The number of esters is 1. The van der Waals surface area contributed by atoms with E-state index < -0.39 is 52.9 Å². The number of aromatic nitrogens is 2. The Morgan fingerprint density at radius 2 is 1.90 bits per heavy atom. The van der Waals surface area contributed by atoms with Gasteiger partial charge in [0, 0.05) is 19.4 Å². The molecule has 0 aromatic carbocycles. The van der Waals surface area contributed by atoms with Gasteiger partial charge in [0.1, 0.15) is 11.7 Å². The highest BCUT2D eigenvalue weighted by Crippen LogP contribution is 2.44. The van der Waals surface area contributed by atoms with E-state index in [-0.39, 0.29) is 17.2 Å². The van der Waals surface area contributed by atoms with E-state index in [9.17, 15) is 31.5 Å². The van der Waals surface area contributed by atoms with Crippen LogP contribution in [-0.4, -0.2) is 59.4 Å². The third-order valence-corrected chi connectivity index (χ3v) is 4.38. The number of nitrogens with zero attached hydrogens (tertiary/aromatic N) is 3. The molecule has 1 aliphatic rings. The van der Waals surface area contributed by atoms with Crippen LogP contribution in [0.15, 0.2) is 40.9 Å². The summed E-state index contributed by atoms with van der Waals surface area (Å²) < 4.78 is 74.6. The summed E-state index contributed by atoms with van der Waals surface area (Å²) in [5, 5.41) is 3.70. The van der Waals surface area contributed by atoms with Crippen molar-refractivity contribution < 1.29 is 36.3 Å². The van der Waals surface area contributed by atoms with Crippen LogP contribution in [0.4, 0.5) is 22.0 Å². The molecule has 1 atom stereocenters. The van der Waals surface area contributed by atoms with E-state index in [1.165, 1.54) is 18.5 Å². The normalized spacial score (nSPS) is 18.2. The van der Waals surface area contributed by atoms with Gasteiger partial charge in [-0.3, -0.25) is 4.79 Å². The molecule has 11 heteroatoms. The van der Waals surface area contributed by atoms with Crippen LogP contribution in [0.5, 0.6) is 0 Å². The van der Waals surface area contributed by atoms with Crippen LogP contribution < -0.4 is 0 Å². The van der Waals surface area contributed by atoms with Crippen LogP contribution >= 0.6 is 0 Å². The van der Waals surface area contributed by atoms with Crippen molar-refractivity contribution in [1.29, 1.82) is 0 Å². The van der Waals surface area contributed by atoms with Crippen molar-refractivity contribution in [3.8, 4) is 0 Å². The molecule has 0 fully saturated rings. The molecule has 0 saturated heterocycles. The Morgan fingerprint density at radius 3 is 2.31 bits per heavy atom. The number of methoxy groups -OCH3 is 1. The van der Waals surface area contributed by atoms with Crippen molar-refractivity contribution in [3.63, 3.8) is 0 Å². The maximum absolute atomic E-state index is 13.9. The van der Waals surface area contributed by atoms with Gasteiger partial charge in [0.05, 0.1) is 18.3 Å². The average Bonchev–Trinajstić information content (AvgIpc) is 3.13. The van der Waals surface area contributed by atoms with Crippen molar-refractivity contribution in [2.75, 3.05) is 14.2 Å². The van der Waals surface area contributed by atoms with Crippen LogP contribution in [0.25, 0.3) is 0 Å². The molecule has 1 aliphatic heterocycles. The van der Waals surface area contributed by atoms with Crippen LogP contribution in [0, 0.1) is 5.92 Å². The third-order valence-electron chi connectivity index (χ3n) is 4.38. The van der Waals surface area contributed by atoms with Crippen molar-refractivity contribution in [3.05, 3.63) is 40.9 Å². The van der Waals surface area contributed by atoms with E-state index in [1.807, 2.05) is 0 Å². The number of hydrogen-bond donors (Lipinski definition) is 0. The second-order valence-electron chi connectivity index (χ2n) is 6.85. The Labute approximate surface area is 163 Å². The lowest BCUT2D eigenvalue weighted by molar-refractivity contribution is -0.140. The SMILES string of the molecule is COC(=O)C1=C(C(F)(F)F)N(C)C(C(F)F)C(C(=O)n2cccn2)=C1CC(C)C. The van der Waals surface area contributed by atoms with Gasteiger partial charge >= 0.3 is 12.1 Å². The Balaban J connectivity index is 2.94. The minimum absolute atomic E-state index is 0.219. The lowest BCUT2D eigenvalue weighted by Gasteiger charge is -2.39. The number of carbonyl (C=O) groups excluding carboxylic acids is 2. The maximum Gasteiger partial charge on any atom is 0.431 e. The zero-order valence-electron chi connectivity index (χ0n) is 16.1. The van der Waals surface area contributed by atoms with Gasteiger partial charge in [-0.05, 0) is 24.0 Å². The van der Waals surface area contributed by atoms with Crippen molar-refractivity contribution in [2.45, 2.75) is 38.9 Å². The van der Waals surface area contributed by atoms with E-state index in [2.05, 4.69) is 9.84 Å². The summed E-state index contributed by atoms with van der Waals surface area (Å²) in [5.74, 6) is -2.75. The highest BCUT2D eigenvalue weighted by atomic mass is 19.4. The number of rotatable bonds is 5. The largest absolute Gasteiger partial charge is 0.465 e. The Hall–Kier alpha value is -2.72. The zero-order chi connectivity index (χ0) is 22.1. The molecule has 0 bridgehead atoms. The molecule has 1 unspecified atom stereocenters. The summed E-state index contributed by atoms with van der Waals surface area (Å²) >= 11 is 0. The smallest absolute Gasteiger partial charge is 0.431 e. The number of carbonyl (C=O) groups is 2. The second kappa shape index (κ2) is 8.34. The molecule has 0 aliphatic carbocycles. The molecule has 0 amide bonds. The molecule has 1 aromatic heterocycles. The van der Waals surface area contributed by atoms with Gasteiger partial charge in [-0.2, -0.15) is 18.3 Å². The lowest BCUT2D eigenvalue weighted by atomic mass is 9.83. The Kier molecular flexibility index (Phi) is 6.49. The van der Waals surface area contributed by atoms with Gasteiger partial charge in [-0.25, -0.2) is 18.3 Å². The summed E-state index contributed by atoms with van der Waals surface area (Å²) in [7, 11) is 1.65. The monoisotopic (exact) mass is 421 g/mol. The number of allylic oxidation sites excluding steroid dienone is 1. The highest BCUT2D eigenvalue weighted by Gasteiger charge is 2.51. The average molecular weight is 421 g/mol. The standard InChI is InChI=1S/C18H20F5N3O3/c1-9(2)8-10-11(16(27)26-7-5-6-24-26)13(15(19)20)25(3)14(18(21,22)23)12(10)17(28)29-4/h5-7,9,13,15H,8H2,1-4H3. The van der Waals surface area contributed by atoms with Gasteiger partial charge < -0.3 is 9.64 Å². The quantitative estimate of drug-likeness (QED) is 0.539. The fourth-order valence-corrected chi connectivity index (χ4v) is 3.31. The number of ether oxygens (including phenoxy) is 1. The van der Waals surface area contributed by atoms with E-state index >= 15 is 0 Å². The zero-order valence-corrected chi connectivity index (χ0v) is 16.1. The Morgan fingerprint density at radius 1 is 1.28 bits per heavy atom. The summed E-state index contributed by atoms with van der Waals surface area (Å²) in [6, 6.07) is -0.853. The van der Waals surface area contributed by atoms with Gasteiger partial charge in [-0.1, -0.05) is 13.8 Å². The van der Waals surface area contributed by atoms with Gasteiger partial charge in [0.25, 0.3) is 12.3 Å². The number of halogens is 5. The fourth-order valence-electron chi connectivity index (χ4n) is 3.31. The first-order chi connectivity index (χ1) is 13.4.